The van der Waals surface area contributed by atoms with Gasteiger partial charge in [-0.1, -0.05) is 0 Å². The van der Waals surface area contributed by atoms with E-state index in [1.807, 2.05) is 0 Å². The van der Waals surface area contributed by atoms with Gasteiger partial charge in [-0.25, -0.2) is 4.79 Å². The first-order valence-electron chi connectivity index (χ1n) is 4.18. The van der Waals surface area contributed by atoms with Gasteiger partial charge in [0.2, 0.25) is 0 Å². The number of esters is 1. The van der Waals surface area contributed by atoms with E-state index in [-0.39, 0.29) is 19.1 Å². The van der Waals surface area contributed by atoms with Crippen molar-refractivity contribution in [3.8, 4) is 6.07 Å². The van der Waals surface area contributed by atoms with Gasteiger partial charge in [0, 0.05) is 0 Å². The molecular weight excluding hydrogens is 188 g/mol. The topological polar surface area (TPSA) is 79.6 Å². The molecule has 0 aromatic carbocycles. The lowest BCUT2D eigenvalue weighted by molar-refractivity contribution is -0.142. The van der Waals surface area contributed by atoms with E-state index >= 15 is 0 Å². The summed E-state index contributed by atoms with van der Waals surface area (Å²) in [6, 6.07) is 1.67. The summed E-state index contributed by atoms with van der Waals surface area (Å²) >= 11 is 0. The van der Waals surface area contributed by atoms with Crippen LogP contribution >= 0.6 is 0 Å². The molecule has 0 N–H and O–H groups in total. The van der Waals surface area contributed by atoms with E-state index < -0.39 is 5.97 Å². The van der Waals surface area contributed by atoms with Crippen LogP contribution < -0.4 is 0 Å². The molecule has 0 radical (unpaired) electrons. The fourth-order valence-electron chi connectivity index (χ4n) is 1.01. The smallest absolute Gasteiger partial charge is 0.410 e. The Labute approximate surface area is 81.0 Å². The molecule has 14 heavy (non-hydrogen) atoms. The van der Waals surface area contributed by atoms with Crippen molar-refractivity contribution in [2.75, 3.05) is 26.3 Å². The summed E-state index contributed by atoms with van der Waals surface area (Å²) in [6.45, 7) is 1.32. The SMILES string of the molecule is N#CCC(=O)OCCN1CCOC1=O. The number of cyclic esters (lactones) is 1. The molecule has 6 nitrogen and oxygen atoms in total. The van der Waals surface area contributed by atoms with Crippen molar-refractivity contribution in [2.45, 2.75) is 6.42 Å². The molecule has 0 atom stereocenters. The van der Waals surface area contributed by atoms with E-state index in [1.165, 1.54) is 4.90 Å². The van der Waals surface area contributed by atoms with Crippen LogP contribution in [0, 0.1) is 11.3 Å². The molecule has 0 aromatic rings. The summed E-state index contributed by atoms with van der Waals surface area (Å²) < 4.78 is 9.35. The highest BCUT2D eigenvalue weighted by molar-refractivity contribution is 5.72. The molecule has 0 spiro atoms. The van der Waals surface area contributed by atoms with Gasteiger partial charge in [-0.3, -0.25) is 4.79 Å². The fourth-order valence-corrected chi connectivity index (χ4v) is 1.01. The third kappa shape index (κ3) is 2.94. The number of hydrogen-bond acceptors (Lipinski definition) is 5. The molecule has 1 amide bonds. The number of carbonyl (C=O) groups excluding carboxylic acids is 2. The Morgan fingerprint density at radius 3 is 3.07 bits per heavy atom. The molecule has 1 aliphatic rings. The third-order valence-corrected chi connectivity index (χ3v) is 1.69. The highest BCUT2D eigenvalue weighted by atomic mass is 16.6. The summed E-state index contributed by atoms with van der Waals surface area (Å²) in [5, 5.41) is 8.15. The molecule has 0 aromatic heterocycles. The van der Waals surface area contributed by atoms with Gasteiger partial charge in [0.05, 0.1) is 19.2 Å². The second kappa shape index (κ2) is 5.07. The van der Waals surface area contributed by atoms with E-state index in [0.717, 1.165) is 0 Å². The van der Waals surface area contributed by atoms with Gasteiger partial charge in [-0.15, -0.1) is 0 Å². The van der Waals surface area contributed by atoms with Gasteiger partial charge in [0.15, 0.2) is 0 Å². The quantitative estimate of drug-likeness (QED) is 0.589. The van der Waals surface area contributed by atoms with Gasteiger partial charge in [-0.2, -0.15) is 5.26 Å². The molecule has 1 rings (SSSR count). The lowest BCUT2D eigenvalue weighted by Crippen LogP contribution is -2.28. The van der Waals surface area contributed by atoms with Crippen molar-refractivity contribution in [1.82, 2.24) is 4.90 Å². The predicted octanol–water partition coefficient (Wildman–Crippen LogP) is -0.105. The summed E-state index contributed by atoms with van der Waals surface area (Å²) in [5.41, 5.74) is 0. The minimum atomic E-state index is -0.569. The average Bonchev–Trinajstić information content (AvgIpc) is 2.52. The molecule has 1 heterocycles. The number of amides is 1. The van der Waals surface area contributed by atoms with Gasteiger partial charge < -0.3 is 14.4 Å². The second-order valence-electron chi connectivity index (χ2n) is 2.66. The van der Waals surface area contributed by atoms with Crippen molar-refractivity contribution >= 4 is 12.1 Å². The third-order valence-electron chi connectivity index (χ3n) is 1.69. The first kappa shape index (κ1) is 10.3. The maximum Gasteiger partial charge on any atom is 0.410 e. The Morgan fingerprint density at radius 2 is 2.50 bits per heavy atom. The van der Waals surface area contributed by atoms with E-state index in [2.05, 4.69) is 9.47 Å². The number of ether oxygens (including phenoxy) is 2. The van der Waals surface area contributed by atoms with Gasteiger partial charge >= 0.3 is 12.1 Å². The van der Waals surface area contributed by atoms with Crippen molar-refractivity contribution in [3.05, 3.63) is 0 Å². The molecule has 76 valence electrons. The number of nitrogens with zero attached hydrogens (tertiary/aromatic N) is 2. The molecule has 0 unspecified atom stereocenters. The Hall–Kier alpha value is -1.77. The summed E-state index contributed by atoms with van der Waals surface area (Å²) in [7, 11) is 0. The van der Waals surface area contributed by atoms with Crippen LogP contribution in [0.2, 0.25) is 0 Å². The van der Waals surface area contributed by atoms with Crippen molar-refractivity contribution in [2.24, 2.45) is 0 Å². The number of hydrogen-bond donors (Lipinski definition) is 0. The van der Waals surface area contributed by atoms with Crippen LogP contribution in [0.25, 0.3) is 0 Å². The lowest BCUT2D eigenvalue weighted by atomic mass is 10.5. The Bertz CT molecular complexity index is 271. The second-order valence-corrected chi connectivity index (χ2v) is 2.66. The zero-order valence-electron chi connectivity index (χ0n) is 7.56. The summed E-state index contributed by atoms with van der Waals surface area (Å²) in [5.74, 6) is -0.569. The largest absolute Gasteiger partial charge is 0.463 e. The Morgan fingerprint density at radius 1 is 1.71 bits per heavy atom. The molecule has 6 heteroatoms. The molecule has 0 bridgehead atoms. The van der Waals surface area contributed by atoms with Crippen LogP contribution in [0.4, 0.5) is 4.79 Å². The molecule has 0 aliphatic carbocycles. The Kier molecular flexibility index (Phi) is 3.73. The van der Waals surface area contributed by atoms with Gasteiger partial charge in [0.25, 0.3) is 0 Å². The number of rotatable bonds is 4. The standard InChI is InChI=1S/C8H10N2O4/c9-2-1-7(11)13-5-3-10-4-6-14-8(10)12/h1,3-6H2. The maximum atomic E-state index is 10.9. The van der Waals surface area contributed by atoms with Gasteiger partial charge in [0.1, 0.15) is 19.6 Å². The maximum absolute atomic E-state index is 10.9. The van der Waals surface area contributed by atoms with E-state index in [4.69, 9.17) is 5.26 Å². The van der Waals surface area contributed by atoms with Crippen LogP contribution in [0.15, 0.2) is 0 Å². The first-order valence-corrected chi connectivity index (χ1v) is 4.18. The minimum absolute atomic E-state index is 0.107. The van der Waals surface area contributed by atoms with Crippen molar-refractivity contribution in [3.63, 3.8) is 0 Å². The Balaban J connectivity index is 2.12. The van der Waals surface area contributed by atoms with Crippen molar-refractivity contribution in [1.29, 1.82) is 5.26 Å². The van der Waals surface area contributed by atoms with Crippen LogP contribution in [0.5, 0.6) is 0 Å². The van der Waals surface area contributed by atoms with Gasteiger partial charge in [-0.05, 0) is 0 Å². The van der Waals surface area contributed by atoms with E-state index in [9.17, 15) is 9.59 Å². The molecule has 1 saturated heterocycles. The average molecular weight is 198 g/mol. The van der Waals surface area contributed by atoms with Crippen LogP contribution in [0.3, 0.4) is 0 Å². The van der Waals surface area contributed by atoms with E-state index in [1.54, 1.807) is 6.07 Å². The molecule has 0 saturated carbocycles. The zero-order chi connectivity index (χ0) is 10.4. The lowest BCUT2D eigenvalue weighted by Gasteiger charge is -2.11. The van der Waals surface area contributed by atoms with Crippen LogP contribution in [-0.2, 0) is 14.3 Å². The molecule has 1 aliphatic heterocycles. The highest BCUT2D eigenvalue weighted by Gasteiger charge is 2.21. The van der Waals surface area contributed by atoms with Crippen LogP contribution in [0.1, 0.15) is 6.42 Å². The number of carbonyl (C=O) groups is 2. The minimum Gasteiger partial charge on any atom is -0.463 e. The van der Waals surface area contributed by atoms with Crippen molar-refractivity contribution < 1.29 is 19.1 Å². The summed E-state index contributed by atoms with van der Waals surface area (Å²) in [4.78, 5) is 23.0. The molecule has 1 fully saturated rings. The first-order chi connectivity index (χ1) is 6.74. The highest BCUT2D eigenvalue weighted by Crippen LogP contribution is 2.02. The molecular formula is C8H10N2O4. The predicted molar refractivity (Wildman–Crippen MR) is 44.1 cm³/mol. The summed E-state index contributed by atoms with van der Waals surface area (Å²) in [6.07, 6.45) is -0.647. The number of nitriles is 1. The fraction of sp³-hybridized carbons (Fsp3) is 0.625. The zero-order valence-corrected chi connectivity index (χ0v) is 7.56. The normalized spacial score (nSPS) is 14.8. The van der Waals surface area contributed by atoms with E-state index in [0.29, 0.717) is 19.7 Å². The van der Waals surface area contributed by atoms with Crippen LogP contribution in [-0.4, -0.2) is 43.3 Å². The monoisotopic (exact) mass is 198 g/mol.